The molecule has 2 heteroatoms. The summed E-state index contributed by atoms with van der Waals surface area (Å²) in [5.41, 5.74) is 1.52. The quantitative estimate of drug-likeness (QED) is 0.0773. The summed E-state index contributed by atoms with van der Waals surface area (Å²) in [6.45, 7) is 5.81. The molecule has 0 aliphatic heterocycles. The molecule has 1 aromatic heterocycles. The molecule has 0 aliphatic carbocycles. The largest absolute Gasteiger partial charge is 0.250 e. The van der Waals surface area contributed by atoms with Crippen molar-refractivity contribution in [2.24, 2.45) is 0 Å². The summed E-state index contributed by atoms with van der Waals surface area (Å²) in [5.74, 6) is 0. The molecule has 1 rings (SSSR count). The van der Waals surface area contributed by atoms with Crippen LogP contribution in [0, 0.1) is 0 Å². The van der Waals surface area contributed by atoms with E-state index in [1.54, 1.807) is 0 Å². The molecule has 0 unspecified atom stereocenters. The molecule has 0 aromatic carbocycles. The third-order valence-electron chi connectivity index (χ3n) is 8.39. The Morgan fingerprint density at radius 1 is 0.432 bits per heavy atom. The summed E-state index contributed by atoms with van der Waals surface area (Å²) in [4.78, 5) is 3.36. The van der Waals surface area contributed by atoms with Crippen molar-refractivity contribution in [3.05, 3.63) is 18.2 Å². The third-order valence-corrected chi connectivity index (χ3v) is 8.39. The van der Waals surface area contributed by atoms with E-state index in [1.807, 2.05) is 0 Å². The highest BCUT2D eigenvalue weighted by Gasteiger charge is 2.08. The van der Waals surface area contributed by atoms with E-state index in [9.17, 15) is 0 Å². The standard InChI is InChI=1S/C35H68N2/c1-3-5-7-9-11-13-15-17-19-21-23-25-27-29-31-35-33-36-34-37(35)32-30-28-26-24-22-20-18-16-14-12-10-8-6-4-2/h33-34H,3-32H2,1-2H3/p+1. The van der Waals surface area contributed by atoms with E-state index < -0.39 is 0 Å². The van der Waals surface area contributed by atoms with Crippen LogP contribution in [0.1, 0.15) is 199 Å². The Morgan fingerprint density at radius 3 is 1.14 bits per heavy atom. The molecule has 1 heterocycles. The van der Waals surface area contributed by atoms with E-state index in [0.29, 0.717) is 0 Å². The number of rotatable bonds is 30. The van der Waals surface area contributed by atoms with Gasteiger partial charge in [0.15, 0.2) is 0 Å². The van der Waals surface area contributed by atoms with Crippen LogP contribution in [0.4, 0.5) is 0 Å². The fourth-order valence-electron chi connectivity index (χ4n) is 5.79. The lowest BCUT2D eigenvalue weighted by atomic mass is 10.0. The van der Waals surface area contributed by atoms with E-state index in [-0.39, 0.29) is 0 Å². The zero-order valence-corrected chi connectivity index (χ0v) is 25.8. The van der Waals surface area contributed by atoms with E-state index in [2.05, 4.69) is 35.9 Å². The van der Waals surface area contributed by atoms with Gasteiger partial charge in [0.25, 0.3) is 0 Å². The Morgan fingerprint density at radius 2 is 0.757 bits per heavy atom. The molecular formula is C35H69N2+. The van der Waals surface area contributed by atoms with Crippen molar-refractivity contribution < 1.29 is 4.57 Å². The monoisotopic (exact) mass is 518 g/mol. The van der Waals surface area contributed by atoms with Gasteiger partial charge in [0.05, 0.1) is 6.54 Å². The number of unbranched alkanes of at least 4 members (excludes halogenated alkanes) is 26. The minimum atomic E-state index is 1.20. The molecule has 0 saturated carbocycles. The van der Waals surface area contributed by atoms with Crippen LogP contribution < -0.4 is 4.57 Å². The molecule has 37 heavy (non-hydrogen) atoms. The van der Waals surface area contributed by atoms with Crippen LogP contribution in [0.15, 0.2) is 12.5 Å². The highest BCUT2D eigenvalue weighted by Crippen LogP contribution is 2.15. The number of imidazole rings is 1. The highest BCUT2D eigenvalue weighted by molar-refractivity contribution is 4.86. The number of aryl methyl sites for hydroxylation is 2. The lowest BCUT2D eigenvalue weighted by Crippen LogP contribution is -2.35. The first-order valence-corrected chi connectivity index (χ1v) is 17.4. The molecule has 0 aliphatic rings. The first-order chi connectivity index (χ1) is 18.4. The van der Waals surface area contributed by atoms with Gasteiger partial charge in [-0.25, -0.2) is 9.55 Å². The Balaban J connectivity index is 1.85. The summed E-state index contributed by atoms with van der Waals surface area (Å²) in [6.07, 6.45) is 46.0. The molecule has 218 valence electrons. The molecule has 0 saturated heterocycles. The lowest BCUT2D eigenvalue weighted by Gasteiger charge is -2.05. The van der Waals surface area contributed by atoms with Crippen LogP contribution in [-0.4, -0.2) is 4.98 Å². The molecule has 0 fully saturated rings. The van der Waals surface area contributed by atoms with Gasteiger partial charge in [-0.1, -0.05) is 174 Å². The average molecular weight is 518 g/mol. The number of aromatic amines is 1. The van der Waals surface area contributed by atoms with Crippen LogP contribution in [-0.2, 0) is 13.0 Å². The Labute approximate surface area is 234 Å². The first kappa shape index (κ1) is 34.2. The second-order valence-electron chi connectivity index (χ2n) is 12.1. The Hall–Kier alpha value is -0.790. The predicted molar refractivity (Wildman–Crippen MR) is 165 cm³/mol. The van der Waals surface area contributed by atoms with Crippen LogP contribution >= 0.6 is 0 Å². The van der Waals surface area contributed by atoms with Crippen LogP contribution in [0.2, 0.25) is 0 Å². The Bertz CT molecular complexity index is 503. The van der Waals surface area contributed by atoms with Crippen molar-refractivity contribution in [1.29, 1.82) is 0 Å². The van der Waals surface area contributed by atoms with Crippen molar-refractivity contribution in [2.75, 3.05) is 0 Å². The van der Waals surface area contributed by atoms with Crippen LogP contribution in [0.5, 0.6) is 0 Å². The van der Waals surface area contributed by atoms with Gasteiger partial charge < -0.3 is 0 Å². The normalized spacial score (nSPS) is 11.5. The second-order valence-corrected chi connectivity index (χ2v) is 12.1. The molecule has 0 atom stereocenters. The smallest absolute Gasteiger partial charge is 0.241 e. The molecule has 1 N–H and O–H groups in total. The number of hydrogen-bond acceptors (Lipinski definition) is 0. The van der Waals surface area contributed by atoms with Crippen molar-refractivity contribution >= 4 is 0 Å². The average Bonchev–Trinajstić information content (AvgIpc) is 3.36. The molecule has 1 aromatic rings. The van der Waals surface area contributed by atoms with E-state index in [0.717, 1.165) is 0 Å². The molecule has 0 radical (unpaired) electrons. The van der Waals surface area contributed by atoms with Gasteiger partial charge in [-0.15, -0.1) is 0 Å². The van der Waals surface area contributed by atoms with Gasteiger partial charge in [-0.3, -0.25) is 0 Å². The fraction of sp³-hybridized carbons (Fsp3) is 0.914. The maximum atomic E-state index is 3.36. The topological polar surface area (TPSA) is 19.7 Å². The minimum Gasteiger partial charge on any atom is -0.250 e. The number of nitrogens with one attached hydrogen (secondary N) is 1. The summed E-state index contributed by atoms with van der Waals surface area (Å²) >= 11 is 0. The molecule has 2 nitrogen and oxygen atoms in total. The van der Waals surface area contributed by atoms with Gasteiger partial charge in [0.2, 0.25) is 6.33 Å². The fourth-order valence-corrected chi connectivity index (χ4v) is 5.79. The SMILES string of the molecule is CCCCCCCCCCCCCCCCc1c[nH]c[n+]1CCCCCCCCCCCCCCCC. The highest BCUT2D eigenvalue weighted by atomic mass is 15.0. The maximum Gasteiger partial charge on any atom is 0.241 e. The Kier molecular flexibility index (Phi) is 26.1. The number of H-pyrrole nitrogens is 1. The van der Waals surface area contributed by atoms with Crippen molar-refractivity contribution in [3.8, 4) is 0 Å². The zero-order valence-electron chi connectivity index (χ0n) is 25.8. The first-order valence-electron chi connectivity index (χ1n) is 17.4. The van der Waals surface area contributed by atoms with Crippen LogP contribution in [0.25, 0.3) is 0 Å². The summed E-state index contributed by atoms with van der Waals surface area (Å²) in [5, 5.41) is 0. The summed E-state index contributed by atoms with van der Waals surface area (Å²) < 4.78 is 2.49. The van der Waals surface area contributed by atoms with Crippen molar-refractivity contribution in [3.63, 3.8) is 0 Å². The van der Waals surface area contributed by atoms with E-state index >= 15 is 0 Å². The van der Waals surface area contributed by atoms with Crippen molar-refractivity contribution in [1.82, 2.24) is 4.98 Å². The van der Waals surface area contributed by atoms with E-state index in [4.69, 9.17) is 0 Å². The molecule has 0 spiro atoms. The van der Waals surface area contributed by atoms with Gasteiger partial charge in [-0.2, -0.15) is 0 Å². The molecule has 0 amide bonds. The summed E-state index contributed by atoms with van der Waals surface area (Å²) in [7, 11) is 0. The zero-order chi connectivity index (χ0) is 26.5. The third kappa shape index (κ3) is 22.9. The predicted octanol–water partition coefficient (Wildman–Crippen LogP) is 11.8. The maximum absolute atomic E-state index is 3.36. The number of nitrogens with zero attached hydrogens (tertiary/aromatic N) is 1. The number of aromatic nitrogens is 2. The summed E-state index contributed by atoms with van der Waals surface area (Å²) in [6, 6.07) is 0. The van der Waals surface area contributed by atoms with Gasteiger partial charge in [0.1, 0.15) is 11.9 Å². The van der Waals surface area contributed by atoms with Gasteiger partial charge in [-0.05, 0) is 19.3 Å². The van der Waals surface area contributed by atoms with Gasteiger partial charge >= 0.3 is 0 Å². The molecule has 0 bridgehead atoms. The van der Waals surface area contributed by atoms with Gasteiger partial charge in [0, 0.05) is 6.42 Å². The minimum absolute atomic E-state index is 1.20. The number of hydrogen-bond donors (Lipinski definition) is 1. The van der Waals surface area contributed by atoms with E-state index in [1.165, 1.54) is 198 Å². The van der Waals surface area contributed by atoms with Crippen molar-refractivity contribution in [2.45, 2.75) is 207 Å². The second kappa shape index (κ2) is 28.2. The lowest BCUT2D eigenvalue weighted by molar-refractivity contribution is -0.703. The van der Waals surface area contributed by atoms with Crippen LogP contribution in [0.3, 0.4) is 0 Å². The molecular weight excluding hydrogens is 448 g/mol.